The van der Waals surface area contributed by atoms with Gasteiger partial charge in [0.2, 0.25) is 5.91 Å². The number of carbonyl (C=O) groups is 2. The number of Topliss-reactive ketones (excluding diaryl/α,β-unsaturated/α-hetero) is 1. The van der Waals surface area contributed by atoms with Gasteiger partial charge in [-0.1, -0.05) is 18.2 Å². The number of ether oxygens (including phenoxy) is 2. The molecule has 1 atom stereocenters. The fourth-order valence-electron chi connectivity index (χ4n) is 5.82. The molecule has 2 heterocycles. The minimum atomic E-state index is -0.806. The molecule has 0 N–H and O–H groups in total. The monoisotopic (exact) mass is 562 g/mol. The van der Waals surface area contributed by atoms with Gasteiger partial charge in [-0.3, -0.25) is 9.59 Å². The Balaban J connectivity index is 1.30. The first kappa shape index (κ1) is 28.2. The van der Waals surface area contributed by atoms with Crippen molar-refractivity contribution in [1.29, 1.82) is 0 Å². The fraction of sp³-hybridized carbons (Fsp3) is 0.375. The Bertz CT molecular complexity index is 1370. The molecule has 0 aliphatic carbocycles. The van der Waals surface area contributed by atoms with Crippen molar-refractivity contribution in [1.82, 2.24) is 4.90 Å². The fourth-order valence-corrected chi connectivity index (χ4v) is 7.37. The van der Waals surface area contributed by atoms with Gasteiger partial charge in [0, 0.05) is 23.4 Å². The third-order valence-electron chi connectivity index (χ3n) is 8.10. The van der Waals surface area contributed by atoms with E-state index in [-0.39, 0.29) is 23.4 Å². The summed E-state index contributed by atoms with van der Waals surface area (Å²) in [7, 11) is 5.06. The number of hydrogen-bond donors (Lipinski definition) is 0. The SMILES string of the molecule is COc1ccc(C2(CCCN3CCC(C(=O)c4ccc(F)cc4)CC3)Sc3ccccc3N(C)C2=O)cc1OC. The highest BCUT2D eigenvalue weighted by atomic mass is 32.2. The highest BCUT2D eigenvalue weighted by Gasteiger charge is 2.47. The average molecular weight is 563 g/mol. The number of thioether (sulfide) groups is 1. The van der Waals surface area contributed by atoms with Crippen LogP contribution in [0.25, 0.3) is 0 Å². The molecule has 40 heavy (non-hydrogen) atoms. The van der Waals surface area contributed by atoms with E-state index in [9.17, 15) is 14.0 Å². The molecule has 0 aromatic heterocycles. The van der Waals surface area contributed by atoms with Crippen molar-refractivity contribution in [2.24, 2.45) is 5.92 Å². The molecule has 1 amide bonds. The van der Waals surface area contributed by atoms with Crippen LogP contribution in [0, 0.1) is 11.7 Å². The first-order valence-corrected chi connectivity index (χ1v) is 14.5. The van der Waals surface area contributed by atoms with E-state index in [1.807, 2.05) is 43.4 Å². The maximum atomic E-state index is 14.1. The molecule has 8 heteroatoms. The Labute approximate surface area is 239 Å². The van der Waals surface area contributed by atoms with Crippen molar-refractivity contribution in [3.05, 3.63) is 83.7 Å². The highest BCUT2D eigenvalue weighted by Crippen LogP contribution is 2.53. The van der Waals surface area contributed by atoms with E-state index in [4.69, 9.17) is 9.47 Å². The lowest BCUT2D eigenvalue weighted by atomic mass is 9.88. The van der Waals surface area contributed by atoms with E-state index in [0.29, 0.717) is 23.5 Å². The summed E-state index contributed by atoms with van der Waals surface area (Å²) in [5.41, 5.74) is 2.39. The predicted octanol–water partition coefficient (Wildman–Crippen LogP) is 6.18. The summed E-state index contributed by atoms with van der Waals surface area (Å²) in [6.45, 7) is 2.49. The molecule has 5 rings (SSSR count). The number of ketones is 1. The molecule has 2 aliphatic heterocycles. The van der Waals surface area contributed by atoms with E-state index in [0.717, 1.165) is 55.0 Å². The van der Waals surface area contributed by atoms with Crippen molar-refractivity contribution in [3.63, 3.8) is 0 Å². The number of halogens is 1. The first-order valence-electron chi connectivity index (χ1n) is 13.7. The molecule has 1 unspecified atom stereocenters. The molecule has 0 radical (unpaired) electrons. The van der Waals surface area contributed by atoms with E-state index >= 15 is 0 Å². The average Bonchev–Trinajstić information content (AvgIpc) is 2.99. The number of methoxy groups -OCH3 is 2. The summed E-state index contributed by atoms with van der Waals surface area (Å²) in [5.74, 6) is 0.996. The van der Waals surface area contributed by atoms with Crippen LogP contribution in [0.2, 0.25) is 0 Å². The third kappa shape index (κ3) is 5.47. The smallest absolute Gasteiger partial charge is 0.247 e. The number of hydrogen-bond acceptors (Lipinski definition) is 6. The number of rotatable bonds is 9. The van der Waals surface area contributed by atoms with Gasteiger partial charge >= 0.3 is 0 Å². The van der Waals surface area contributed by atoms with E-state index < -0.39 is 4.75 Å². The van der Waals surface area contributed by atoms with Gasteiger partial charge < -0.3 is 19.3 Å². The summed E-state index contributed by atoms with van der Waals surface area (Å²) in [6, 6.07) is 19.6. The quantitative estimate of drug-likeness (QED) is 0.290. The number of para-hydroxylation sites is 1. The van der Waals surface area contributed by atoms with Crippen LogP contribution in [0.3, 0.4) is 0 Å². The number of anilines is 1. The van der Waals surface area contributed by atoms with Crippen LogP contribution in [-0.4, -0.2) is 57.5 Å². The number of likely N-dealkylation sites (N-methyl/N-ethyl adjacent to an activating group) is 1. The van der Waals surface area contributed by atoms with Crippen molar-refractivity contribution < 1.29 is 23.5 Å². The van der Waals surface area contributed by atoms with Gasteiger partial charge in [0.25, 0.3) is 0 Å². The number of carbonyl (C=O) groups excluding carboxylic acids is 2. The van der Waals surface area contributed by atoms with E-state index in [1.54, 1.807) is 43.0 Å². The molecule has 6 nitrogen and oxygen atoms in total. The molecular weight excluding hydrogens is 527 g/mol. The van der Waals surface area contributed by atoms with Crippen LogP contribution in [0.5, 0.6) is 11.5 Å². The maximum absolute atomic E-state index is 14.1. The standard InChI is InChI=1S/C32H35FN2O4S/c1-34-26-7-4-5-8-29(26)40-32(31(34)37,24-11-14-27(38-2)28(21-24)39-3)17-6-18-35-19-15-23(16-20-35)30(36)22-9-12-25(33)13-10-22/h4-5,7-14,21,23H,6,15-20H2,1-3H3. The Morgan fingerprint density at radius 2 is 1.70 bits per heavy atom. The van der Waals surface area contributed by atoms with Crippen LogP contribution >= 0.6 is 11.8 Å². The molecule has 3 aromatic carbocycles. The van der Waals surface area contributed by atoms with Crippen molar-refractivity contribution in [3.8, 4) is 11.5 Å². The maximum Gasteiger partial charge on any atom is 0.247 e. The summed E-state index contributed by atoms with van der Waals surface area (Å²) < 4.78 is 23.5. The van der Waals surface area contributed by atoms with Gasteiger partial charge in [0.1, 0.15) is 10.6 Å². The number of fused-ring (bicyclic) bond motifs is 1. The van der Waals surface area contributed by atoms with Crippen molar-refractivity contribution >= 4 is 29.1 Å². The summed E-state index contributed by atoms with van der Waals surface area (Å²) in [5, 5.41) is 0. The minimum Gasteiger partial charge on any atom is -0.493 e. The predicted molar refractivity (Wildman–Crippen MR) is 156 cm³/mol. The molecule has 3 aromatic rings. The Morgan fingerprint density at radius 3 is 2.40 bits per heavy atom. The number of likely N-dealkylation sites (tertiary alicyclic amines) is 1. The number of benzene rings is 3. The van der Waals surface area contributed by atoms with Crippen molar-refractivity contribution in [2.45, 2.75) is 35.3 Å². The second-order valence-corrected chi connectivity index (χ2v) is 11.8. The summed E-state index contributed by atoms with van der Waals surface area (Å²) in [6.07, 6.45) is 3.03. The normalized spacial score (nSPS) is 19.8. The molecule has 0 spiro atoms. The third-order valence-corrected chi connectivity index (χ3v) is 9.63. The number of piperidine rings is 1. The zero-order valence-corrected chi connectivity index (χ0v) is 24.0. The van der Waals surface area contributed by atoms with Crippen LogP contribution in [0.1, 0.15) is 41.6 Å². The topological polar surface area (TPSA) is 59.1 Å². The Kier molecular flexibility index (Phi) is 8.47. The molecule has 1 fully saturated rings. The molecule has 2 aliphatic rings. The van der Waals surface area contributed by atoms with Crippen LogP contribution in [0.15, 0.2) is 71.6 Å². The number of nitrogens with zero attached hydrogens (tertiary/aromatic N) is 2. The molecule has 0 saturated carbocycles. The van der Waals surface area contributed by atoms with Gasteiger partial charge in [-0.2, -0.15) is 0 Å². The lowest BCUT2D eigenvalue weighted by Gasteiger charge is -2.41. The van der Waals surface area contributed by atoms with Crippen LogP contribution < -0.4 is 14.4 Å². The zero-order valence-electron chi connectivity index (χ0n) is 23.2. The second kappa shape index (κ2) is 12.0. The lowest BCUT2D eigenvalue weighted by Crippen LogP contribution is -2.46. The van der Waals surface area contributed by atoms with Crippen LogP contribution in [-0.2, 0) is 9.54 Å². The summed E-state index contributed by atoms with van der Waals surface area (Å²) in [4.78, 5) is 32.2. The highest BCUT2D eigenvalue weighted by molar-refractivity contribution is 8.01. The largest absolute Gasteiger partial charge is 0.493 e. The first-order chi connectivity index (χ1) is 19.4. The summed E-state index contributed by atoms with van der Waals surface area (Å²) >= 11 is 1.61. The van der Waals surface area contributed by atoms with Crippen LogP contribution in [0.4, 0.5) is 10.1 Å². The van der Waals surface area contributed by atoms with Gasteiger partial charge in [0.15, 0.2) is 17.3 Å². The molecule has 210 valence electrons. The van der Waals surface area contributed by atoms with Crippen molar-refractivity contribution in [2.75, 3.05) is 45.8 Å². The molecule has 1 saturated heterocycles. The molecule has 0 bridgehead atoms. The van der Waals surface area contributed by atoms with E-state index in [2.05, 4.69) is 11.0 Å². The van der Waals surface area contributed by atoms with Gasteiger partial charge in [-0.05, 0) is 99.4 Å². The minimum absolute atomic E-state index is 0.0413. The zero-order chi connectivity index (χ0) is 28.3. The van der Waals surface area contributed by atoms with Gasteiger partial charge in [-0.15, -0.1) is 11.8 Å². The van der Waals surface area contributed by atoms with Gasteiger partial charge in [0.05, 0.1) is 19.9 Å². The van der Waals surface area contributed by atoms with E-state index in [1.165, 1.54) is 12.1 Å². The van der Waals surface area contributed by atoms with Gasteiger partial charge in [-0.25, -0.2) is 4.39 Å². The molecular formula is C32H35FN2O4S. The Morgan fingerprint density at radius 1 is 1.00 bits per heavy atom. The lowest BCUT2D eigenvalue weighted by molar-refractivity contribution is -0.121. The second-order valence-electron chi connectivity index (χ2n) is 10.4. The number of amides is 1. The Hall–Kier alpha value is -3.36.